The summed E-state index contributed by atoms with van der Waals surface area (Å²) in [6.07, 6.45) is 0. The molecule has 0 aromatic heterocycles. The SMILES string of the molecule is O=P(O)(O)OCl.[Nd]. The summed E-state index contributed by atoms with van der Waals surface area (Å²) >= 11 is 4.21. The van der Waals surface area contributed by atoms with Gasteiger partial charge in [-0.25, -0.2) is 4.57 Å². The predicted octanol–water partition coefficient (Wildman–Crippen LogP) is 0.249. The third-order valence-corrected chi connectivity index (χ3v) is 0.809. The first-order chi connectivity index (χ1) is 2.56. The van der Waals surface area contributed by atoms with Gasteiger partial charge in [-0.1, -0.05) is 0 Å². The Morgan fingerprint density at radius 2 is 1.71 bits per heavy atom. The minimum Gasteiger partial charge on any atom is -0.302 e. The monoisotopic (exact) mass is 274 g/mol. The van der Waals surface area contributed by atoms with Crippen LogP contribution in [0.3, 0.4) is 0 Å². The predicted molar refractivity (Wildman–Crippen MR) is 19.0 cm³/mol. The third kappa shape index (κ3) is 11.4. The maximum Gasteiger partial charge on any atom is 0.486 e. The molecule has 4 nitrogen and oxygen atoms in total. The summed E-state index contributed by atoms with van der Waals surface area (Å²) in [7, 11) is -4.38. The van der Waals surface area contributed by atoms with Crippen molar-refractivity contribution in [2.24, 2.45) is 0 Å². The van der Waals surface area contributed by atoms with Crippen molar-refractivity contribution < 1.29 is 59.3 Å². The second kappa shape index (κ2) is 4.61. The zero-order valence-electron chi connectivity index (χ0n) is 3.04. The third-order valence-electron chi connectivity index (χ3n) is 0.0899. The van der Waals surface area contributed by atoms with Gasteiger partial charge in [0.15, 0.2) is 0 Å². The van der Waals surface area contributed by atoms with Crippen LogP contribution in [0.25, 0.3) is 0 Å². The van der Waals surface area contributed by atoms with Crippen LogP contribution in [0, 0.1) is 40.8 Å². The number of hydrogen-bond acceptors (Lipinski definition) is 2. The molecule has 0 aliphatic heterocycles. The van der Waals surface area contributed by atoms with Crippen molar-refractivity contribution in [3.05, 3.63) is 0 Å². The molecule has 7 heavy (non-hydrogen) atoms. The number of phosphoric acid groups is 1. The van der Waals surface area contributed by atoms with E-state index in [0.717, 1.165) is 0 Å². The van der Waals surface area contributed by atoms with Crippen LogP contribution in [-0.2, 0) is 8.64 Å². The molecule has 0 spiro atoms. The van der Waals surface area contributed by atoms with Crippen molar-refractivity contribution in [1.29, 1.82) is 0 Å². The van der Waals surface area contributed by atoms with Crippen LogP contribution in [0.4, 0.5) is 0 Å². The summed E-state index contributed by atoms with van der Waals surface area (Å²) in [5.74, 6) is 0. The van der Waals surface area contributed by atoms with E-state index in [2.05, 4.69) is 15.9 Å². The molecule has 0 aliphatic carbocycles. The van der Waals surface area contributed by atoms with E-state index in [1.165, 1.54) is 0 Å². The van der Waals surface area contributed by atoms with Crippen molar-refractivity contribution in [1.82, 2.24) is 0 Å². The van der Waals surface area contributed by atoms with E-state index in [9.17, 15) is 4.57 Å². The van der Waals surface area contributed by atoms with Crippen LogP contribution in [-0.4, -0.2) is 9.79 Å². The largest absolute Gasteiger partial charge is 0.486 e. The second-order valence-corrected chi connectivity index (χ2v) is 2.09. The summed E-state index contributed by atoms with van der Waals surface area (Å²) in [6, 6.07) is 0. The van der Waals surface area contributed by atoms with Crippen molar-refractivity contribution in [3.8, 4) is 0 Å². The zero-order chi connectivity index (χ0) is 5.21. The molecular formula is H2ClNdO4P. The minimum absolute atomic E-state index is 0. The molecule has 0 saturated heterocycles. The van der Waals surface area contributed by atoms with E-state index in [-0.39, 0.29) is 40.8 Å². The first-order valence-corrected chi connectivity index (χ1v) is 2.76. The van der Waals surface area contributed by atoms with Crippen LogP contribution in [0.1, 0.15) is 0 Å². The quantitative estimate of drug-likeness (QED) is 0.674. The average Bonchev–Trinajstić information content (AvgIpc) is 1.35. The molecule has 0 radical (unpaired) electrons. The van der Waals surface area contributed by atoms with Gasteiger partial charge in [-0.15, -0.1) is 0 Å². The Kier molecular flexibility index (Phi) is 7.60. The molecule has 0 atom stereocenters. The summed E-state index contributed by atoms with van der Waals surface area (Å²) < 4.78 is 12.4. The van der Waals surface area contributed by atoms with Gasteiger partial charge in [-0.2, -0.15) is 4.08 Å². The number of rotatable bonds is 1. The molecule has 7 heteroatoms. The maximum absolute atomic E-state index is 9.34. The first-order valence-electron chi connectivity index (χ1n) is 0.919. The molecular weight excluding hydrogens is 275 g/mol. The van der Waals surface area contributed by atoms with Crippen LogP contribution in [0.15, 0.2) is 0 Å². The van der Waals surface area contributed by atoms with Gasteiger partial charge in [0.25, 0.3) is 0 Å². The molecule has 42 valence electrons. The van der Waals surface area contributed by atoms with Crippen molar-refractivity contribution >= 4 is 19.7 Å². The number of hydrogen-bond donors (Lipinski definition) is 2. The summed E-state index contributed by atoms with van der Waals surface area (Å²) in [6.45, 7) is 0. The van der Waals surface area contributed by atoms with Crippen molar-refractivity contribution in [2.45, 2.75) is 0 Å². The fourth-order valence-electron chi connectivity index (χ4n) is 0. The molecule has 0 bridgehead atoms. The fraction of sp³-hybridized carbons (Fsp3) is 0. The Morgan fingerprint density at radius 1 is 1.57 bits per heavy atom. The first kappa shape index (κ1) is 11.5. The topological polar surface area (TPSA) is 66.8 Å². The van der Waals surface area contributed by atoms with Crippen LogP contribution < -0.4 is 0 Å². The van der Waals surface area contributed by atoms with Gasteiger partial charge in [0, 0.05) is 40.8 Å². The van der Waals surface area contributed by atoms with E-state index in [0.29, 0.717) is 0 Å². The molecule has 2 N–H and O–H groups in total. The smallest absolute Gasteiger partial charge is 0.302 e. The van der Waals surface area contributed by atoms with Gasteiger partial charge >= 0.3 is 7.82 Å². The summed E-state index contributed by atoms with van der Waals surface area (Å²) in [5, 5.41) is 0. The summed E-state index contributed by atoms with van der Waals surface area (Å²) in [5.41, 5.74) is 0. The van der Waals surface area contributed by atoms with Crippen LogP contribution in [0.2, 0.25) is 0 Å². The fourth-order valence-corrected chi connectivity index (χ4v) is 0. The average molecular weight is 277 g/mol. The molecule has 0 heterocycles. The van der Waals surface area contributed by atoms with Gasteiger partial charge in [-0.3, -0.25) is 0 Å². The van der Waals surface area contributed by atoms with Gasteiger partial charge in [0.2, 0.25) is 0 Å². The van der Waals surface area contributed by atoms with E-state index in [1.807, 2.05) is 0 Å². The minimum atomic E-state index is -4.38. The van der Waals surface area contributed by atoms with Crippen molar-refractivity contribution in [3.63, 3.8) is 0 Å². The Hall–Kier alpha value is 1.75. The molecule has 0 saturated carbocycles. The molecule has 0 fully saturated rings. The van der Waals surface area contributed by atoms with E-state index in [1.54, 1.807) is 0 Å². The van der Waals surface area contributed by atoms with Gasteiger partial charge in [-0.05, 0) is 0 Å². The number of halogens is 1. The molecule has 0 amide bonds. The Balaban J connectivity index is 0. The van der Waals surface area contributed by atoms with E-state index >= 15 is 0 Å². The second-order valence-electron chi connectivity index (χ2n) is 0.560. The molecule has 0 unspecified atom stereocenters. The Bertz CT molecular complexity index is 75.8. The summed E-state index contributed by atoms with van der Waals surface area (Å²) in [4.78, 5) is 15.2. The van der Waals surface area contributed by atoms with Gasteiger partial charge < -0.3 is 9.79 Å². The molecule has 0 aromatic rings. The van der Waals surface area contributed by atoms with E-state index < -0.39 is 7.82 Å². The van der Waals surface area contributed by atoms with Crippen molar-refractivity contribution in [2.75, 3.05) is 0 Å². The Morgan fingerprint density at radius 3 is 1.71 bits per heavy atom. The van der Waals surface area contributed by atoms with Crippen LogP contribution >= 0.6 is 19.7 Å². The molecule has 0 rings (SSSR count). The zero-order valence-corrected chi connectivity index (χ0v) is 7.89. The van der Waals surface area contributed by atoms with E-state index in [4.69, 9.17) is 9.79 Å². The van der Waals surface area contributed by atoms with Crippen LogP contribution in [0.5, 0.6) is 0 Å². The maximum atomic E-state index is 9.34. The normalized spacial score (nSPS) is 10.1. The standard InChI is InChI=1S/ClH2O4P.Nd/c1-5-6(2,3)4;/h(H2,2,3,4);. The Labute approximate surface area is 78.1 Å². The van der Waals surface area contributed by atoms with Gasteiger partial charge in [0.1, 0.15) is 0 Å². The van der Waals surface area contributed by atoms with Gasteiger partial charge in [0.05, 0.1) is 11.9 Å². The molecule has 0 aromatic carbocycles. The molecule has 0 aliphatic rings.